The third kappa shape index (κ3) is 4.20. The van der Waals surface area contributed by atoms with E-state index in [-0.39, 0.29) is 5.91 Å². The molecule has 20 heavy (non-hydrogen) atoms. The van der Waals surface area contributed by atoms with E-state index in [0.717, 1.165) is 17.7 Å². The number of esters is 1. The van der Waals surface area contributed by atoms with Crippen LogP contribution in [0.1, 0.15) is 49.4 Å². The third-order valence-electron chi connectivity index (χ3n) is 2.72. The second kappa shape index (κ2) is 7.85. The fourth-order valence-electron chi connectivity index (χ4n) is 1.67. The lowest BCUT2D eigenvalue weighted by molar-refractivity contribution is -0.112. The van der Waals surface area contributed by atoms with Gasteiger partial charge in [-0.15, -0.1) is 11.3 Å². The first kappa shape index (κ1) is 16.4. The summed E-state index contributed by atoms with van der Waals surface area (Å²) in [5.41, 5.74) is 1.08. The number of carbonyl (C=O) groups is 2. The molecule has 0 spiro atoms. The van der Waals surface area contributed by atoms with Gasteiger partial charge in [0.1, 0.15) is 5.00 Å². The third-order valence-corrected chi connectivity index (χ3v) is 3.92. The number of aryl methyl sites for hydroxylation is 1. The zero-order valence-corrected chi connectivity index (χ0v) is 13.2. The molecule has 1 aromatic heterocycles. The summed E-state index contributed by atoms with van der Waals surface area (Å²) in [4.78, 5) is 24.9. The van der Waals surface area contributed by atoms with E-state index < -0.39 is 5.97 Å². The molecule has 0 radical (unpaired) electrons. The molecule has 4 nitrogen and oxygen atoms in total. The first-order valence-corrected chi connectivity index (χ1v) is 7.62. The Morgan fingerprint density at radius 1 is 1.35 bits per heavy atom. The van der Waals surface area contributed by atoms with Crippen LogP contribution in [0.25, 0.3) is 0 Å². The van der Waals surface area contributed by atoms with Crippen LogP contribution in [0.5, 0.6) is 0 Å². The largest absolute Gasteiger partial charge is 0.462 e. The van der Waals surface area contributed by atoms with Gasteiger partial charge in [-0.05, 0) is 32.8 Å². The van der Waals surface area contributed by atoms with E-state index in [1.165, 1.54) is 11.3 Å². The second-order valence-corrected chi connectivity index (χ2v) is 5.42. The maximum atomic E-state index is 12.0. The van der Waals surface area contributed by atoms with Crippen molar-refractivity contribution in [1.29, 1.82) is 0 Å². The fraction of sp³-hybridized carbons (Fsp3) is 0.467. The van der Waals surface area contributed by atoms with E-state index in [4.69, 9.17) is 4.74 Å². The summed E-state index contributed by atoms with van der Waals surface area (Å²) >= 11 is 1.42. The first-order chi connectivity index (χ1) is 9.53. The van der Waals surface area contributed by atoms with Gasteiger partial charge in [-0.25, -0.2) is 4.79 Å². The molecule has 0 saturated heterocycles. The van der Waals surface area contributed by atoms with Gasteiger partial charge in [0, 0.05) is 10.5 Å². The number of carbonyl (C=O) groups excluding carboxylic acids is 2. The molecule has 0 aromatic carbocycles. The van der Waals surface area contributed by atoms with Crippen LogP contribution < -0.4 is 5.32 Å². The quantitative estimate of drug-likeness (QED) is 0.642. The van der Waals surface area contributed by atoms with Gasteiger partial charge in [-0.3, -0.25) is 4.79 Å². The van der Waals surface area contributed by atoms with E-state index in [9.17, 15) is 9.59 Å². The minimum Gasteiger partial charge on any atom is -0.462 e. The van der Waals surface area contributed by atoms with Gasteiger partial charge >= 0.3 is 5.97 Å². The summed E-state index contributed by atoms with van der Waals surface area (Å²) in [6, 6.07) is 1.79. The molecule has 1 aromatic rings. The molecule has 1 amide bonds. The number of rotatable bonds is 6. The minimum atomic E-state index is -0.393. The highest BCUT2D eigenvalue weighted by atomic mass is 32.1. The molecule has 5 heteroatoms. The van der Waals surface area contributed by atoms with Gasteiger partial charge in [-0.2, -0.15) is 0 Å². The van der Waals surface area contributed by atoms with Crippen LogP contribution in [0.4, 0.5) is 5.00 Å². The molecular formula is C15H21NO3S. The van der Waals surface area contributed by atoms with Crippen molar-refractivity contribution >= 4 is 28.2 Å². The highest BCUT2D eigenvalue weighted by Gasteiger charge is 2.18. The maximum Gasteiger partial charge on any atom is 0.341 e. The lowest BCUT2D eigenvalue weighted by Gasteiger charge is -2.06. The van der Waals surface area contributed by atoms with Gasteiger partial charge in [-0.1, -0.05) is 19.9 Å². The number of hydrogen-bond donors (Lipinski definition) is 1. The highest BCUT2D eigenvalue weighted by Crippen LogP contribution is 2.29. The number of nitrogens with one attached hydrogen (secondary N) is 1. The van der Waals surface area contributed by atoms with Crippen molar-refractivity contribution in [2.24, 2.45) is 0 Å². The second-order valence-electron chi connectivity index (χ2n) is 4.28. The lowest BCUT2D eigenvalue weighted by atomic mass is 10.2. The van der Waals surface area contributed by atoms with Crippen LogP contribution in [-0.4, -0.2) is 18.5 Å². The fourth-order valence-corrected chi connectivity index (χ4v) is 2.65. The zero-order chi connectivity index (χ0) is 15.1. The number of allylic oxidation sites excluding steroid dienone is 1. The molecule has 1 rings (SSSR count). The summed E-state index contributed by atoms with van der Waals surface area (Å²) in [5.74, 6) is -0.572. The Hall–Kier alpha value is -1.62. The molecule has 110 valence electrons. The predicted octanol–water partition coefficient (Wildman–Crippen LogP) is 3.78. The molecule has 0 fully saturated rings. The molecule has 0 atom stereocenters. The molecule has 0 unspecified atom stereocenters. The van der Waals surface area contributed by atoms with E-state index in [1.807, 2.05) is 19.9 Å². The average Bonchev–Trinajstić information content (AvgIpc) is 2.82. The highest BCUT2D eigenvalue weighted by molar-refractivity contribution is 7.16. The Morgan fingerprint density at radius 2 is 2.05 bits per heavy atom. The van der Waals surface area contributed by atoms with Crippen LogP contribution in [0, 0.1) is 0 Å². The molecule has 0 saturated carbocycles. The molecule has 0 aliphatic rings. The number of amides is 1. The molecule has 1 heterocycles. The van der Waals surface area contributed by atoms with Crippen molar-refractivity contribution in [3.8, 4) is 0 Å². The summed E-state index contributed by atoms with van der Waals surface area (Å²) in [6.07, 6.45) is 3.47. The zero-order valence-electron chi connectivity index (χ0n) is 12.4. The van der Waals surface area contributed by atoms with Crippen LogP contribution >= 0.6 is 11.3 Å². The van der Waals surface area contributed by atoms with E-state index in [0.29, 0.717) is 22.7 Å². The predicted molar refractivity (Wildman–Crippen MR) is 82.3 cm³/mol. The Labute approximate surface area is 123 Å². The van der Waals surface area contributed by atoms with E-state index in [2.05, 4.69) is 5.32 Å². The standard InChI is InChI=1S/C15H21NO3S/c1-5-8-10(4)13(17)16-14-12(15(18)19-7-3)9-11(6-2)20-14/h8-9H,5-7H2,1-4H3,(H,16,17)/b10-8+. The number of hydrogen-bond acceptors (Lipinski definition) is 4. The van der Waals surface area contributed by atoms with Crippen molar-refractivity contribution in [2.45, 2.75) is 40.5 Å². The monoisotopic (exact) mass is 295 g/mol. The molecule has 0 bridgehead atoms. The summed E-state index contributed by atoms with van der Waals surface area (Å²) in [5, 5.41) is 3.36. The smallest absolute Gasteiger partial charge is 0.341 e. The van der Waals surface area contributed by atoms with Crippen molar-refractivity contribution < 1.29 is 14.3 Å². The topological polar surface area (TPSA) is 55.4 Å². The van der Waals surface area contributed by atoms with Gasteiger partial charge in [0.05, 0.1) is 12.2 Å². The molecule has 0 aliphatic heterocycles. The first-order valence-electron chi connectivity index (χ1n) is 6.81. The van der Waals surface area contributed by atoms with Gasteiger partial charge in [0.2, 0.25) is 0 Å². The number of anilines is 1. The maximum absolute atomic E-state index is 12.0. The Kier molecular flexibility index (Phi) is 6.45. The van der Waals surface area contributed by atoms with E-state index >= 15 is 0 Å². The number of thiophene rings is 1. The van der Waals surface area contributed by atoms with Gasteiger partial charge in [0.15, 0.2) is 0 Å². The Morgan fingerprint density at radius 3 is 2.60 bits per heavy atom. The van der Waals surface area contributed by atoms with Crippen LogP contribution in [0.15, 0.2) is 17.7 Å². The Balaban J connectivity index is 2.99. The van der Waals surface area contributed by atoms with Crippen molar-refractivity contribution in [1.82, 2.24) is 0 Å². The van der Waals surface area contributed by atoms with Crippen molar-refractivity contribution in [2.75, 3.05) is 11.9 Å². The molecule has 1 N–H and O–H groups in total. The summed E-state index contributed by atoms with van der Waals surface area (Å²) in [6.45, 7) is 7.82. The summed E-state index contributed by atoms with van der Waals surface area (Å²) < 4.78 is 5.02. The van der Waals surface area contributed by atoms with Gasteiger partial charge in [0.25, 0.3) is 5.91 Å². The summed E-state index contributed by atoms with van der Waals surface area (Å²) in [7, 11) is 0. The van der Waals surface area contributed by atoms with E-state index in [1.54, 1.807) is 19.9 Å². The molecule has 0 aliphatic carbocycles. The normalized spacial score (nSPS) is 11.3. The average molecular weight is 295 g/mol. The van der Waals surface area contributed by atoms with Crippen LogP contribution in [-0.2, 0) is 16.0 Å². The molecular weight excluding hydrogens is 274 g/mol. The Bertz CT molecular complexity index is 517. The van der Waals surface area contributed by atoms with Gasteiger partial charge < -0.3 is 10.1 Å². The number of ether oxygens (including phenoxy) is 1. The van der Waals surface area contributed by atoms with Crippen LogP contribution in [0.2, 0.25) is 0 Å². The van der Waals surface area contributed by atoms with Crippen molar-refractivity contribution in [3.63, 3.8) is 0 Å². The van der Waals surface area contributed by atoms with Crippen LogP contribution in [0.3, 0.4) is 0 Å². The van der Waals surface area contributed by atoms with Crippen molar-refractivity contribution in [3.05, 3.63) is 28.2 Å². The minimum absolute atomic E-state index is 0.179. The lowest BCUT2D eigenvalue weighted by Crippen LogP contribution is -2.14. The SMILES string of the molecule is CC/C=C(\C)C(=O)Nc1sc(CC)cc1C(=O)OCC.